The molecule has 0 saturated heterocycles. The Bertz CT molecular complexity index is 1110. The van der Waals surface area contributed by atoms with Crippen molar-refractivity contribution in [2.75, 3.05) is 17.7 Å². The Morgan fingerprint density at radius 1 is 1.03 bits per heavy atom. The molecular weight excluding hydrogens is 414 g/mol. The maximum atomic E-state index is 14.2. The van der Waals surface area contributed by atoms with Gasteiger partial charge in [0.1, 0.15) is 5.82 Å². The lowest BCUT2D eigenvalue weighted by Crippen LogP contribution is -2.17. The van der Waals surface area contributed by atoms with Crippen molar-refractivity contribution in [2.24, 2.45) is 0 Å². The lowest BCUT2D eigenvalue weighted by atomic mass is 10.1. The van der Waals surface area contributed by atoms with E-state index in [-0.39, 0.29) is 16.9 Å². The van der Waals surface area contributed by atoms with Gasteiger partial charge in [-0.1, -0.05) is 12.1 Å². The minimum atomic E-state index is -4.65. The number of nitrogens with zero attached hydrogens (tertiary/aromatic N) is 1. The number of carbonyl (C=O) groups is 1. The summed E-state index contributed by atoms with van der Waals surface area (Å²) in [6.45, 7) is 3.26. The van der Waals surface area contributed by atoms with Gasteiger partial charge in [-0.05, 0) is 49.7 Å². The smallest absolute Gasteiger partial charge is 0.416 e. The van der Waals surface area contributed by atoms with Gasteiger partial charge in [0.2, 0.25) is 5.88 Å². The number of benzene rings is 2. The van der Waals surface area contributed by atoms with E-state index < -0.39 is 23.5 Å². The van der Waals surface area contributed by atoms with Crippen LogP contribution in [0.5, 0.6) is 5.88 Å². The van der Waals surface area contributed by atoms with Crippen molar-refractivity contribution in [3.63, 3.8) is 0 Å². The predicted octanol–water partition coefficient (Wildman–Crippen LogP) is 5.86. The van der Waals surface area contributed by atoms with Gasteiger partial charge in [-0.15, -0.1) is 0 Å². The maximum absolute atomic E-state index is 14.2. The number of amides is 1. The molecule has 0 radical (unpaired) electrons. The fraction of sp³-hybridized carbons (Fsp3) is 0.182. The molecule has 3 aromatic rings. The fourth-order valence-corrected chi connectivity index (χ4v) is 2.92. The van der Waals surface area contributed by atoms with E-state index in [1.807, 2.05) is 0 Å². The van der Waals surface area contributed by atoms with Crippen LogP contribution in [0.3, 0.4) is 0 Å². The molecule has 0 saturated carbocycles. The second kappa shape index (κ2) is 8.63. The number of pyridine rings is 1. The molecule has 0 spiro atoms. The molecule has 31 heavy (non-hydrogen) atoms. The van der Waals surface area contributed by atoms with Crippen molar-refractivity contribution in [3.05, 3.63) is 76.7 Å². The Labute approximate surface area is 176 Å². The first-order valence-corrected chi connectivity index (χ1v) is 9.16. The molecule has 0 aliphatic carbocycles. The molecule has 0 fully saturated rings. The summed E-state index contributed by atoms with van der Waals surface area (Å²) in [4.78, 5) is 17.0. The van der Waals surface area contributed by atoms with Gasteiger partial charge in [-0.3, -0.25) is 4.79 Å². The topological polar surface area (TPSA) is 63.2 Å². The molecule has 1 amide bonds. The van der Waals surface area contributed by atoms with Crippen LogP contribution in [0, 0.1) is 19.7 Å². The Kier molecular flexibility index (Phi) is 6.14. The van der Waals surface area contributed by atoms with Crippen molar-refractivity contribution in [3.8, 4) is 5.88 Å². The van der Waals surface area contributed by atoms with Crippen molar-refractivity contribution >= 4 is 23.0 Å². The number of halogens is 4. The molecule has 3 rings (SSSR count). The number of ether oxygens (including phenoxy) is 1. The number of alkyl halides is 3. The van der Waals surface area contributed by atoms with E-state index in [0.717, 1.165) is 18.2 Å². The van der Waals surface area contributed by atoms with Crippen LogP contribution in [-0.2, 0) is 6.18 Å². The third-order valence-corrected chi connectivity index (χ3v) is 4.59. The van der Waals surface area contributed by atoms with Crippen molar-refractivity contribution in [2.45, 2.75) is 20.0 Å². The minimum Gasteiger partial charge on any atom is -0.481 e. The molecule has 1 aromatic heterocycles. The minimum absolute atomic E-state index is 0.0258. The van der Waals surface area contributed by atoms with Gasteiger partial charge in [0.15, 0.2) is 0 Å². The largest absolute Gasteiger partial charge is 0.481 e. The molecule has 1 heterocycles. The van der Waals surface area contributed by atoms with Gasteiger partial charge in [-0.2, -0.15) is 13.2 Å². The Balaban J connectivity index is 2.02. The second-order valence-corrected chi connectivity index (χ2v) is 6.76. The van der Waals surface area contributed by atoms with Crippen molar-refractivity contribution in [1.29, 1.82) is 0 Å². The lowest BCUT2D eigenvalue weighted by Gasteiger charge is -2.17. The van der Waals surface area contributed by atoms with Gasteiger partial charge < -0.3 is 15.4 Å². The Hall–Kier alpha value is -3.62. The first kappa shape index (κ1) is 22.1. The molecular formula is C22H19F4N3O2. The number of anilines is 3. The molecule has 9 heteroatoms. The Morgan fingerprint density at radius 3 is 2.35 bits per heavy atom. The number of aromatic nitrogens is 1. The van der Waals surface area contributed by atoms with E-state index in [1.54, 1.807) is 19.9 Å². The number of methoxy groups -OCH3 is 1. The number of carbonyl (C=O) groups excluding carboxylic acids is 1. The van der Waals surface area contributed by atoms with Crippen LogP contribution in [-0.4, -0.2) is 18.0 Å². The summed E-state index contributed by atoms with van der Waals surface area (Å²) in [6.07, 6.45) is -4.65. The number of hydrogen-bond donors (Lipinski definition) is 2. The summed E-state index contributed by atoms with van der Waals surface area (Å²) >= 11 is 0. The lowest BCUT2D eigenvalue weighted by molar-refractivity contribution is -0.137. The molecule has 2 aromatic carbocycles. The highest BCUT2D eigenvalue weighted by atomic mass is 19.4. The van der Waals surface area contributed by atoms with E-state index in [4.69, 9.17) is 4.74 Å². The van der Waals surface area contributed by atoms with Crippen molar-refractivity contribution < 1.29 is 27.1 Å². The van der Waals surface area contributed by atoms with E-state index in [0.29, 0.717) is 22.8 Å². The first-order chi connectivity index (χ1) is 14.6. The van der Waals surface area contributed by atoms with E-state index in [1.165, 1.54) is 31.4 Å². The summed E-state index contributed by atoms with van der Waals surface area (Å²) in [7, 11) is 1.44. The van der Waals surface area contributed by atoms with Crippen LogP contribution in [0.4, 0.5) is 34.6 Å². The number of hydrogen-bond acceptors (Lipinski definition) is 4. The average Bonchev–Trinajstić information content (AvgIpc) is 2.71. The van der Waals surface area contributed by atoms with Gasteiger partial charge in [0.25, 0.3) is 5.91 Å². The zero-order chi connectivity index (χ0) is 22.8. The van der Waals surface area contributed by atoms with Crippen molar-refractivity contribution in [1.82, 2.24) is 4.98 Å². The summed E-state index contributed by atoms with van der Waals surface area (Å²) in [6, 6.07) is 10.1. The molecule has 162 valence electrons. The molecule has 0 bridgehead atoms. The normalized spacial score (nSPS) is 11.2. The first-order valence-electron chi connectivity index (χ1n) is 9.16. The fourth-order valence-electron chi connectivity index (χ4n) is 2.92. The van der Waals surface area contributed by atoms with Gasteiger partial charge >= 0.3 is 6.18 Å². The number of rotatable bonds is 5. The third kappa shape index (κ3) is 4.93. The van der Waals surface area contributed by atoms with Crippen LogP contribution in [0.15, 0.2) is 48.5 Å². The highest BCUT2D eigenvalue weighted by Gasteiger charge is 2.32. The monoisotopic (exact) mass is 433 g/mol. The summed E-state index contributed by atoms with van der Waals surface area (Å²) in [5.74, 6) is -1.08. The standard InChI is InChI=1S/C22H19F4N3O2/c1-12-5-4-6-16(23)20(12)28-18-8-7-14(22(24,25)26)11-15(18)21(30)29-17-9-10-19(31-3)27-13(17)2/h4-11,28H,1-3H3,(H,29,30). The number of nitrogens with one attached hydrogen (secondary N) is 2. The van der Waals surface area contributed by atoms with Gasteiger partial charge in [0, 0.05) is 6.07 Å². The SMILES string of the molecule is COc1ccc(NC(=O)c2cc(C(F)(F)F)ccc2Nc2c(C)cccc2F)c(C)n1. The molecule has 0 unspecified atom stereocenters. The molecule has 2 N–H and O–H groups in total. The third-order valence-electron chi connectivity index (χ3n) is 4.59. The van der Waals surface area contributed by atoms with Crippen LogP contribution in [0.25, 0.3) is 0 Å². The molecule has 0 aliphatic heterocycles. The highest BCUT2D eigenvalue weighted by molar-refractivity contribution is 6.08. The van der Waals surface area contributed by atoms with Crippen LogP contribution in [0.1, 0.15) is 27.2 Å². The molecule has 0 aliphatic rings. The number of aryl methyl sites for hydroxylation is 2. The summed E-state index contributed by atoms with van der Waals surface area (Å²) in [5.41, 5.74) is 0.0407. The van der Waals surface area contributed by atoms with Crippen LogP contribution < -0.4 is 15.4 Å². The maximum Gasteiger partial charge on any atom is 0.416 e. The van der Waals surface area contributed by atoms with E-state index in [9.17, 15) is 22.4 Å². The predicted molar refractivity (Wildman–Crippen MR) is 109 cm³/mol. The highest BCUT2D eigenvalue weighted by Crippen LogP contribution is 2.34. The van der Waals surface area contributed by atoms with E-state index >= 15 is 0 Å². The average molecular weight is 433 g/mol. The van der Waals surface area contributed by atoms with Gasteiger partial charge in [0.05, 0.1) is 41.0 Å². The Morgan fingerprint density at radius 2 is 1.74 bits per heavy atom. The van der Waals surface area contributed by atoms with E-state index in [2.05, 4.69) is 15.6 Å². The van der Waals surface area contributed by atoms with Gasteiger partial charge in [-0.25, -0.2) is 9.37 Å². The molecule has 0 atom stereocenters. The summed E-state index contributed by atoms with van der Waals surface area (Å²) < 4.78 is 59.0. The zero-order valence-corrected chi connectivity index (χ0v) is 16.9. The second-order valence-electron chi connectivity index (χ2n) is 6.76. The zero-order valence-electron chi connectivity index (χ0n) is 16.9. The van der Waals surface area contributed by atoms with Crippen LogP contribution in [0.2, 0.25) is 0 Å². The quantitative estimate of drug-likeness (QED) is 0.495. The number of para-hydroxylation sites is 1. The summed E-state index contributed by atoms with van der Waals surface area (Å²) in [5, 5.41) is 5.30. The van der Waals surface area contributed by atoms with Crippen LogP contribution >= 0.6 is 0 Å². The molecule has 5 nitrogen and oxygen atoms in total.